The third-order valence-corrected chi connectivity index (χ3v) is 3.02. The lowest BCUT2D eigenvalue weighted by molar-refractivity contribution is 0.764. The summed E-state index contributed by atoms with van der Waals surface area (Å²) in [6.07, 6.45) is 1.14. The zero-order valence-corrected chi connectivity index (χ0v) is 10.5. The topological polar surface area (TPSA) is 12.0 Å². The summed E-state index contributed by atoms with van der Waals surface area (Å²) in [6, 6.07) is 19.6. The molecule has 88 valence electrons. The van der Waals surface area contributed by atoms with Crippen molar-refractivity contribution in [1.82, 2.24) is 0 Å². The number of nitrogens with one attached hydrogen (secondary N) is 1. The van der Waals surface area contributed by atoms with Crippen LogP contribution in [0, 0.1) is 0 Å². The van der Waals surface area contributed by atoms with Gasteiger partial charge in [-0.15, -0.1) is 0 Å². The molecule has 0 aliphatic rings. The molecule has 0 saturated heterocycles. The molecule has 0 aliphatic heterocycles. The molecule has 0 bridgehead atoms. The van der Waals surface area contributed by atoms with Crippen molar-refractivity contribution in [2.75, 3.05) is 5.32 Å². The molecule has 0 radical (unpaired) electrons. The van der Waals surface area contributed by atoms with Crippen molar-refractivity contribution in [2.24, 2.45) is 0 Å². The van der Waals surface area contributed by atoms with Gasteiger partial charge in [0.1, 0.15) is 0 Å². The smallest absolute Gasteiger partial charge is 0.0342 e. The van der Waals surface area contributed by atoms with E-state index in [4.69, 9.17) is 0 Å². The molecule has 1 nitrogen and oxygen atoms in total. The van der Waals surface area contributed by atoms with Crippen molar-refractivity contribution in [2.45, 2.75) is 26.3 Å². The van der Waals surface area contributed by atoms with Gasteiger partial charge in [0.25, 0.3) is 0 Å². The molecular weight excluding hydrogens is 206 g/mol. The van der Waals surface area contributed by atoms with E-state index in [2.05, 4.69) is 67.7 Å². The van der Waals surface area contributed by atoms with Crippen LogP contribution in [0.5, 0.6) is 0 Å². The summed E-state index contributed by atoms with van der Waals surface area (Å²) in [6.45, 7) is 4.39. The monoisotopic (exact) mass is 225 g/mol. The maximum absolute atomic E-state index is 3.47. The second-order valence-corrected chi connectivity index (χ2v) is 4.40. The Labute approximate surface area is 103 Å². The lowest BCUT2D eigenvalue weighted by Gasteiger charge is -2.13. The predicted molar refractivity (Wildman–Crippen MR) is 75.3 cm³/mol. The summed E-state index contributed by atoms with van der Waals surface area (Å²) in [5.41, 5.74) is 3.72. The summed E-state index contributed by atoms with van der Waals surface area (Å²) in [5, 5.41) is 3.47. The van der Waals surface area contributed by atoms with Gasteiger partial charge in [-0.05, 0) is 36.6 Å². The van der Waals surface area contributed by atoms with E-state index < -0.39 is 0 Å². The molecule has 0 aromatic heterocycles. The van der Waals surface area contributed by atoms with E-state index in [0.717, 1.165) is 6.42 Å². The highest BCUT2D eigenvalue weighted by molar-refractivity contribution is 5.65. The Morgan fingerprint density at radius 3 is 2.06 bits per heavy atom. The minimum atomic E-state index is 0.526. The second kappa shape index (κ2) is 5.53. The van der Waals surface area contributed by atoms with Crippen LogP contribution in [0.4, 0.5) is 5.69 Å². The van der Waals surface area contributed by atoms with Crippen molar-refractivity contribution in [3.8, 4) is 11.1 Å². The van der Waals surface area contributed by atoms with Crippen LogP contribution >= 0.6 is 0 Å². The van der Waals surface area contributed by atoms with E-state index in [1.807, 2.05) is 6.07 Å². The fourth-order valence-electron chi connectivity index (χ4n) is 1.78. The van der Waals surface area contributed by atoms with Gasteiger partial charge in [0, 0.05) is 11.7 Å². The quantitative estimate of drug-likeness (QED) is 0.804. The van der Waals surface area contributed by atoms with E-state index >= 15 is 0 Å². The van der Waals surface area contributed by atoms with Gasteiger partial charge >= 0.3 is 0 Å². The Morgan fingerprint density at radius 2 is 1.47 bits per heavy atom. The number of rotatable bonds is 4. The molecule has 2 aromatic carbocycles. The van der Waals surface area contributed by atoms with Crippen molar-refractivity contribution in [1.29, 1.82) is 0 Å². The average molecular weight is 225 g/mol. The highest BCUT2D eigenvalue weighted by Crippen LogP contribution is 2.21. The van der Waals surface area contributed by atoms with Gasteiger partial charge in [-0.25, -0.2) is 0 Å². The molecule has 0 amide bonds. The number of hydrogen-bond acceptors (Lipinski definition) is 1. The van der Waals surface area contributed by atoms with Crippen molar-refractivity contribution >= 4 is 5.69 Å². The molecule has 0 spiro atoms. The molecule has 0 aliphatic carbocycles. The largest absolute Gasteiger partial charge is 0.383 e. The first-order valence-electron chi connectivity index (χ1n) is 6.21. The Hall–Kier alpha value is -1.76. The molecule has 1 atom stereocenters. The van der Waals surface area contributed by atoms with Crippen LogP contribution in [0.1, 0.15) is 20.3 Å². The minimum Gasteiger partial charge on any atom is -0.383 e. The highest BCUT2D eigenvalue weighted by atomic mass is 14.9. The lowest BCUT2D eigenvalue weighted by atomic mass is 10.1. The highest BCUT2D eigenvalue weighted by Gasteiger charge is 1.99. The Balaban J connectivity index is 2.13. The van der Waals surface area contributed by atoms with Gasteiger partial charge in [0.2, 0.25) is 0 Å². The Kier molecular flexibility index (Phi) is 3.81. The first-order valence-corrected chi connectivity index (χ1v) is 6.21. The van der Waals surface area contributed by atoms with Crippen molar-refractivity contribution in [3.05, 3.63) is 54.6 Å². The van der Waals surface area contributed by atoms with Gasteiger partial charge in [-0.3, -0.25) is 0 Å². The Morgan fingerprint density at radius 1 is 0.882 bits per heavy atom. The first kappa shape index (κ1) is 11.7. The average Bonchev–Trinajstić information content (AvgIpc) is 2.40. The summed E-state index contributed by atoms with van der Waals surface area (Å²) in [4.78, 5) is 0. The van der Waals surface area contributed by atoms with Gasteiger partial charge in [0.05, 0.1) is 0 Å². The summed E-state index contributed by atoms with van der Waals surface area (Å²) in [5.74, 6) is 0. The minimum absolute atomic E-state index is 0.526. The normalized spacial score (nSPS) is 12.1. The van der Waals surface area contributed by atoms with Gasteiger partial charge < -0.3 is 5.32 Å². The third kappa shape index (κ3) is 3.10. The maximum Gasteiger partial charge on any atom is 0.0342 e. The maximum atomic E-state index is 3.47. The summed E-state index contributed by atoms with van der Waals surface area (Å²) in [7, 11) is 0. The molecule has 1 heteroatoms. The van der Waals surface area contributed by atoms with Crippen LogP contribution in [0.3, 0.4) is 0 Å². The first-order chi connectivity index (χ1) is 8.29. The summed E-state index contributed by atoms with van der Waals surface area (Å²) < 4.78 is 0. The zero-order valence-electron chi connectivity index (χ0n) is 10.5. The Bertz CT molecular complexity index is 445. The number of hydrogen-bond donors (Lipinski definition) is 1. The van der Waals surface area contributed by atoms with Crippen LogP contribution in [0.2, 0.25) is 0 Å². The van der Waals surface area contributed by atoms with Crippen molar-refractivity contribution in [3.63, 3.8) is 0 Å². The van der Waals surface area contributed by atoms with Gasteiger partial charge in [0.15, 0.2) is 0 Å². The van der Waals surface area contributed by atoms with E-state index in [1.54, 1.807) is 0 Å². The van der Waals surface area contributed by atoms with E-state index in [0.29, 0.717) is 6.04 Å². The molecule has 17 heavy (non-hydrogen) atoms. The number of benzene rings is 2. The molecule has 1 unspecified atom stereocenters. The summed E-state index contributed by atoms with van der Waals surface area (Å²) >= 11 is 0. The third-order valence-electron chi connectivity index (χ3n) is 3.02. The van der Waals surface area contributed by atoms with E-state index in [9.17, 15) is 0 Å². The molecule has 2 aromatic rings. The predicted octanol–water partition coefficient (Wildman–Crippen LogP) is 4.56. The molecule has 1 N–H and O–H groups in total. The van der Waals surface area contributed by atoms with Crippen molar-refractivity contribution < 1.29 is 0 Å². The SMILES string of the molecule is CCC(C)Nc1ccc(-c2ccccc2)cc1. The van der Waals surface area contributed by atoms with Crippen LogP contribution in [0.25, 0.3) is 11.1 Å². The molecular formula is C16H19N. The van der Waals surface area contributed by atoms with Gasteiger partial charge in [-0.2, -0.15) is 0 Å². The van der Waals surface area contributed by atoms with Crippen LogP contribution in [-0.4, -0.2) is 6.04 Å². The molecule has 0 heterocycles. The second-order valence-electron chi connectivity index (χ2n) is 4.40. The molecule has 0 fully saturated rings. The van der Waals surface area contributed by atoms with Gasteiger partial charge in [-0.1, -0.05) is 49.4 Å². The number of anilines is 1. The standard InChI is InChI=1S/C16H19N/c1-3-13(2)17-16-11-9-15(10-12-16)14-7-5-4-6-8-14/h4-13,17H,3H2,1-2H3. The van der Waals surface area contributed by atoms with E-state index in [1.165, 1.54) is 16.8 Å². The lowest BCUT2D eigenvalue weighted by Crippen LogP contribution is -2.12. The molecule has 0 saturated carbocycles. The fraction of sp³-hybridized carbons (Fsp3) is 0.250. The molecule has 2 rings (SSSR count). The van der Waals surface area contributed by atoms with E-state index in [-0.39, 0.29) is 0 Å². The van der Waals surface area contributed by atoms with Crippen LogP contribution < -0.4 is 5.32 Å². The van der Waals surface area contributed by atoms with Crippen LogP contribution in [0.15, 0.2) is 54.6 Å². The fourth-order valence-corrected chi connectivity index (χ4v) is 1.78. The van der Waals surface area contributed by atoms with Crippen LogP contribution in [-0.2, 0) is 0 Å². The zero-order chi connectivity index (χ0) is 12.1.